The second kappa shape index (κ2) is 9.92. The summed E-state index contributed by atoms with van der Waals surface area (Å²) in [5.74, 6) is -0.247. The summed E-state index contributed by atoms with van der Waals surface area (Å²) in [4.78, 5) is 17.4. The average molecular weight is 491 g/mol. The van der Waals surface area contributed by atoms with E-state index in [2.05, 4.69) is 19.6 Å². The van der Waals surface area contributed by atoms with Crippen molar-refractivity contribution in [1.29, 1.82) is 0 Å². The molecule has 0 aliphatic heterocycles. The first-order chi connectivity index (χ1) is 16.7. The van der Waals surface area contributed by atoms with E-state index in [4.69, 9.17) is 0 Å². The molecule has 0 saturated heterocycles. The standard InChI is InChI=1S/C27H30N4O3S/c1-18-14-20(3)26(21(4)15-18)35(33,34)30-24-16-22(11-10-19(24)2)27(32)28-12-7-13-31-17-29-23-8-5-6-9-25(23)31/h5-6,8-11,14-17,30H,7,12-13H2,1-4H3,(H,28,32). The molecule has 182 valence electrons. The first-order valence-electron chi connectivity index (χ1n) is 11.5. The molecule has 0 radical (unpaired) electrons. The number of aryl methyl sites for hydroxylation is 5. The highest BCUT2D eigenvalue weighted by atomic mass is 32.2. The van der Waals surface area contributed by atoms with E-state index < -0.39 is 10.0 Å². The van der Waals surface area contributed by atoms with Crippen molar-refractivity contribution >= 4 is 32.7 Å². The summed E-state index contributed by atoms with van der Waals surface area (Å²) in [6.45, 7) is 8.55. The summed E-state index contributed by atoms with van der Waals surface area (Å²) in [7, 11) is -3.81. The molecule has 0 spiro atoms. The Kier molecular flexibility index (Phi) is 6.93. The number of amides is 1. The van der Waals surface area contributed by atoms with Gasteiger partial charge in [-0.3, -0.25) is 9.52 Å². The molecule has 4 rings (SSSR count). The third kappa shape index (κ3) is 5.38. The Hall–Kier alpha value is -3.65. The molecular weight excluding hydrogens is 460 g/mol. The number of carbonyl (C=O) groups excluding carboxylic acids is 1. The Bertz CT molecular complexity index is 1480. The highest BCUT2D eigenvalue weighted by Crippen LogP contribution is 2.26. The SMILES string of the molecule is Cc1cc(C)c(S(=O)(=O)Nc2cc(C(=O)NCCCn3cnc4ccccc43)ccc2C)c(C)c1. The number of para-hydroxylation sites is 2. The predicted octanol–water partition coefficient (Wildman–Crippen LogP) is 4.89. The molecule has 0 aliphatic rings. The number of anilines is 1. The fourth-order valence-corrected chi connectivity index (χ4v) is 5.98. The molecule has 0 saturated carbocycles. The molecule has 8 heteroatoms. The van der Waals surface area contributed by atoms with Gasteiger partial charge in [-0.15, -0.1) is 0 Å². The van der Waals surface area contributed by atoms with Crippen LogP contribution in [0, 0.1) is 27.7 Å². The number of rotatable bonds is 8. The van der Waals surface area contributed by atoms with E-state index >= 15 is 0 Å². The van der Waals surface area contributed by atoms with Crippen LogP contribution in [0.25, 0.3) is 11.0 Å². The van der Waals surface area contributed by atoms with Crippen LogP contribution in [0.2, 0.25) is 0 Å². The number of hydrogen-bond acceptors (Lipinski definition) is 4. The summed E-state index contributed by atoms with van der Waals surface area (Å²) >= 11 is 0. The van der Waals surface area contributed by atoms with Crippen LogP contribution in [0.5, 0.6) is 0 Å². The molecule has 1 aromatic heterocycles. The molecular formula is C27H30N4O3S. The van der Waals surface area contributed by atoms with Crippen molar-refractivity contribution < 1.29 is 13.2 Å². The van der Waals surface area contributed by atoms with Gasteiger partial charge in [0.1, 0.15) is 0 Å². The molecule has 4 aromatic rings. The van der Waals surface area contributed by atoms with Gasteiger partial charge in [0.05, 0.1) is 27.9 Å². The smallest absolute Gasteiger partial charge is 0.262 e. The first-order valence-corrected chi connectivity index (χ1v) is 13.0. The molecule has 3 aromatic carbocycles. The summed E-state index contributed by atoms with van der Waals surface area (Å²) in [6, 6.07) is 16.7. The molecule has 0 bridgehead atoms. The molecule has 0 aliphatic carbocycles. The highest BCUT2D eigenvalue weighted by Gasteiger charge is 2.21. The van der Waals surface area contributed by atoms with Crippen LogP contribution < -0.4 is 10.0 Å². The second-order valence-electron chi connectivity index (χ2n) is 8.90. The maximum absolute atomic E-state index is 13.2. The van der Waals surface area contributed by atoms with Gasteiger partial charge in [0.25, 0.3) is 15.9 Å². The van der Waals surface area contributed by atoms with Crippen LogP contribution in [0.3, 0.4) is 0 Å². The summed E-state index contributed by atoms with van der Waals surface area (Å²) in [5, 5.41) is 2.93. The zero-order valence-electron chi connectivity index (χ0n) is 20.4. The first kappa shape index (κ1) is 24.5. The van der Waals surface area contributed by atoms with Crippen LogP contribution in [-0.2, 0) is 16.6 Å². The van der Waals surface area contributed by atoms with E-state index in [0.717, 1.165) is 35.1 Å². The molecule has 0 unspecified atom stereocenters. The van der Waals surface area contributed by atoms with Gasteiger partial charge < -0.3 is 9.88 Å². The van der Waals surface area contributed by atoms with Crippen LogP contribution in [0.15, 0.2) is 65.8 Å². The van der Waals surface area contributed by atoms with Gasteiger partial charge in [0, 0.05) is 18.7 Å². The Morgan fingerprint density at radius 3 is 2.40 bits per heavy atom. The lowest BCUT2D eigenvalue weighted by Crippen LogP contribution is -2.25. The number of hydrogen-bond donors (Lipinski definition) is 2. The molecule has 2 N–H and O–H groups in total. The van der Waals surface area contributed by atoms with E-state index in [1.807, 2.05) is 56.6 Å². The van der Waals surface area contributed by atoms with E-state index in [1.165, 1.54) is 0 Å². The molecule has 0 fully saturated rings. The zero-order chi connectivity index (χ0) is 25.2. The van der Waals surface area contributed by atoms with Gasteiger partial charge in [0.2, 0.25) is 0 Å². The maximum atomic E-state index is 13.2. The van der Waals surface area contributed by atoms with Crippen molar-refractivity contribution in [3.8, 4) is 0 Å². The van der Waals surface area contributed by atoms with Gasteiger partial charge >= 0.3 is 0 Å². The zero-order valence-corrected chi connectivity index (χ0v) is 21.2. The Balaban J connectivity index is 1.42. The van der Waals surface area contributed by atoms with E-state index in [0.29, 0.717) is 28.9 Å². The Morgan fingerprint density at radius 1 is 0.943 bits per heavy atom. The highest BCUT2D eigenvalue weighted by molar-refractivity contribution is 7.92. The number of imidazole rings is 1. The van der Waals surface area contributed by atoms with Crippen molar-refractivity contribution in [2.24, 2.45) is 0 Å². The molecule has 0 atom stereocenters. The minimum atomic E-state index is -3.81. The summed E-state index contributed by atoms with van der Waals surface area (Å²) < 4.78 is 31.1. The van der Waals surface area contributed by atoms with Gasteiger partial charge in [-0.2, -0.15) is 0 Å². The van der Waals surface area contributed by atoms with Crippen molar-refractivity contribution in [2.75, 3.05) is 11.3 Å². The number of sulfonamides is 1. The lowest BCUT2D eigenvalue weighted by atomic mass is 10.1. The van der Waals surface area contributed by atoms with Crippen molar-refractivity contribution in [3.05, 3.63) is 88.7 Å². The number of fused-ring (bicyclic) bond motifs is 1. The minimum Gasteiger partial charge on any atom is -0.352 e. The van der Waals surface area contributed by atoms with E-state index in [-0.39, 0.29) is 10.8 Å². The van der Waals surface area contributed by atoms with Crippen LogP contribution in [0.1, 0.15) is 39.0 Å². The summed E-state index contributed by atoms with van der Waals surface area (Å²) in [5.41, 5.74) is 5.92. The van der Waals surface area contributed by atoms with Gasteiger partial charge in [-0.25, -0.2) is 13.4 Å². The van der Waals surface area contributed by atoms with E-state index in [1.54, 1.807) is 32.0 Å². The molecule has 1 amide bonds. The fourth-order valence-electron chi connectivity index (χ4n) is 4.40. The lowest BCUT2D eigenvalue weighted by molar-refractivity contribution is 0.0953. The maximum Gasteiger partial charge on any atom is 0.262 e. The topological polar surface area (TPSA) is 93.1 Å². The second-order valence-corrected chi connectivity index (χ2v) is 10.5. The Labute approximate surface area is 206 Å². The predicted molar refractivity (Wildman–Crippen MR) is 139 cm³/mol. The fraction of sp³-hybridized carbons (Fsp3) is 0.259. The lowest BCUT2D eigenvalue weighted by Gasteiger charge is -2.16. The number of nitrogens with one attached hydrogen (secondary N) is 2. The molecule has 7 nitrogen and oxygen atoms in total. The van der Waals surface area contributed by atoms with Gasteiger partial charge in [-0.05, 0) is 75.1 Å². The van der Waals surface area contributed by atoms with Crippen LogP contribution in [-0.4, -0.2) is 30.4 Å². The van der Waals surface area contributed by atoms with Crippen molar-refractivity contribution in [1.82, 2.24) is 14.9 Å². The molecule has 35 heavy (non-hydrogen) atoms. The third-order valence-corrected chi connectivity index (χ3v) is 7.68. The average Bonchev–Trinajstić information content (AvgIpc) is 3.20. The summed E-state index contributed by atoms with van der Waals surface area (Å²) in [6.07, 6.45) is 2.55. The van der Waals surface area contributed by atoms with Crippen molar-refractivity contribution in [2.45, 2.75) is 45.6 Å². The third-order valence-electron chi connectivity index (χ3n) is 6.01. The van der Waals surface area contributed by atoms with Crippen LogP contribution >= 0.6 is 0 Å². The molecule has 1 heterocycles. The van der Waals surface area contributed by atoms with Crippen molar-refractivity contribution in [3.63, 3.8) is 0 Å². The number of benzene rings is 3. The van der Waals surface area contributed by atoms with Gasteiger partial charge in [-0.1, -0.05) is 35.9 Å². The Morgan fingerprint density at radius 2 is 1.66 bits per heavy atom. The quantitative estimate of drug-likeness (QED) is 0.344. The monoisotopic (exact) mass is 490 g/mol. The number of aromatic nitrogens is 2. The number of nitrogens with zero attached hydrogens (tertiary/aromatic N) is 2. The number of carbonyl (C=O) groups is 1. The van der Waals surface area contributed by atoms with Crippen LogP contribution in [0.4, 0.5) is 5.69 Å². The largest absolute Gasteiger partial charge is 0.352 e. The van der Waals surface area contributed by atoms with Gasteiger partial charge in [0.15, 0.2) is 0 Å². The normalized spacial score (nSPS) is 11.5. The minimum absolute atomic E-state index is 0.247. The van der Waals surface area contributed by atoms with E-state index in [9.17, 15) is 13.2 Å².